The summed E-state index contributed by atoms with van der Waals surface area (Å²) >= 11 is 0. The number of benzene rings is 1. The van der Waals surface area contributed by atoms with E-state index in [0.29, 0.717) is 6.61 Å². The topological polar surface area (TPSA) is 62.7 Å². The Labute approximate surface area is 148 Å². The summed E-state index contributed by atoms with van der Waals surface area (Å²) in [7, 11) is 1.82. The van der Waals surface area contributed by atoms with E-state index in [1.165, 1.54) is 0 Å². The first-order chi connectivity index (χ1) is 11.0. The van der Waals surface area contributed by atoms with Gasteiger partial charge in [0.2, 0.25) is 0 Å². The Balaban J connectivity index is 0.00000288. The Morgan fingerprint density at radius 3 is 2.38 bits per heavy atom. The molecule has 0 aliphatic carbocycles. The number of halogens is 1. The van der Waals surface area contributed by atoms with Crippen LogP contribution in [-0.4, -0.2) is 40.6 Å². The number of aromatic nitrogens is 1. The Morgan fingerprint density at radius 1 is 1.17 bits per heavy atom. The first-order valence-corrected chi connectivity index (χ1v) is 7.57. The van der Waals surface area contributed by atoms with Crippen LogP contribution >= 0.6 is 12.4 Å². The standard InChI is InChI=1S/C18H22N2O3.ClH/c1-14(20(2)12-18(21)22)11-15-3-5-17(6-4-15)23-13-16-7-9-19-10-8-16;/h3-10,14H,11-13H2,1-2H3,(H,21,22);1H/t14-;/m1./s1. The molecule has 1 aromatic heterocycles. The van der Waals surface area contributed by atoms with Gasteiger partial charge in [-0.25, -0.2) is 0 Å². The van der Waals surface area contributed by atoms with Crippen molar-refractivity contribution in [3.8, 4) is 5.75 Å². The summed E-state index contributed by atoms with van der Waals surface area (Å²) in [6, 6.07) is 11.9. The number of carbonyl (C=O) groups is 1. The summed E-state index contributed by atoms with van der Waals surface area (Å²) in [5.41, 5.74) is 2.24. The van der Waals surface area contributed by atoms with Crippen LogP contribution in [0.25, 0.3) is 0 Å². The van der Waals surface area contributed by atoms with Gasteiger partial charge in [-0.1, -0.05) is 12.1 Å². The first kappa shape index (κ1) is 19.9. The second-order valence-corrected chi connectivity index (χ2v) is 5.65. The van der Waals surface area contributed by atoms with Crippen molar-refractivity contribution in [3.63, 3.8) is 0 Å². The van der Waals surface area contributed by atoms with Crippen LogP contribution in [0.2, 0.25) is 0 Å². The van der Waals surface area contributed by atoms with Crippen molar-refractivity contribution in [1.82, 2.24) is 9.88 Å². The van der Waals surface area contributed by atoms with E-state index in [2.05, 4.69) is 4.98 Å². The van der Waals surface area contributed by atoms with E-state index in [4.69, 9.17) is 9.84 Å². The molecule has 0 amide bonds. The maximum atomic E-state index is 10.7. The molecule has 0 saturated heterocycles. The first-order valence-electron chi connectivity index (χ1n) is 7.57. The van der Waals surface area contributed by atoms with Crippen LogP contribution in [-0.2, 0) is 17.8 Å². The van der Waals surface area contributed by atoms with Gasteiger partial charge in [-0.15, -0.1) is 12.4 Å². The highest BCUT2D eigenvalue weighted by Crippen LogP contribution is 2.16. The number of likely N-dealkylation sites (N-methyl/N-ethyl adjacent to an activating group) is 1. The van der Waals surface area contributed by atoms with Crippen LogP contribution in [0.1, 0.15) is 18.1 Å². The minimum absolute atomic E-state index is 0. The van der Waals surface area contributed by atoms with E-state index < -0.39 is 5.97 Å². The SMILES string of the molecule is C[C@H](Cc1ccc(OCc2ccncc2)cc1)N(C)CC(=O)O.Cl. The van der Waals surface area contributed by atoms with Gasteiger partial charge in [0.15, 0.2) is 0 Å². The summed E-state index contributed by atoms with van der Waals surface area (Å²) in [6.45, 7) is 2.59. The van der Waals surface area contributed by atoms with E-state index in [9.17, 15) is 4.79 Å². The van der Waals surface area contributed by atoms with Crippen molar-refractivity contribution in [2.75, 3.05) is 13.6 Å². The van der Waals surface area contributed by atoms with Gasteiger partial charge in [0.1, 0.15) is 12.4 Å². The second kappa shape index (κ2) is 9.90. The van der Waals surface area contributed by atoms with Gasteiger partial charge < -0.3 is 9.84 Å². The normalized spacial score (nSPS) is 11.6. The maximum absolute atomic E-state index is 10.7. The van der Waals surface area contributed by atoms with Gasteiger partial charge in [0.05, 0.1) is 6.54 Å². The number of aliphatic carboxylic acids is 1. The lowest BCUT2D eigenvalue weighted by Crippen LogP contribution is -2.35. The van der Waals surface area contributed by atoms with Crippen molar-refractivity contribution >= 4 is 18.4 Å². The lowest BCUT2D eigenvalue weighted by atomic mass is 10.1. The molecular weight excluding hydrogens is 328 g/mol. The average molecular weight is 351 g/mol. The Morgan fingerprint density at radius 2 is 1.79 bits per heavy atom. The predicted molar refractivity (Wildman–Crippen MR) is 95.7 cm³/mol. The molecule has 1 atom stereocenters. The van der Waals surface area contributed by atoms with Gasteiger partial charge in [-0.3, -0.25) is 14.7 Å². The molecule has 1 heterocycles. The molecule has 6 heteroatoms. The minimum Gasteiger partial charge on any atom is -0.489 e. The smallest absolute Gasteiger partial charge is 0.317 e. The molecule has 5 nitrogen and oxygen atoms in total. The fourth-order valence-corrected chi connectivity index (χ4v) is 2.23. The van der Waals surface area contributed by atoms with Crippen LogP contribution in [0.15, 0.2) is 48.8 Å². The molecule has 0 aliphatic heterocycles. The van der Waals surface area contributed by atoms with Gasteiger partial charge in [0, 0.05) is 18.4 Å². The molecule has 0 saturated carbocycles. The fourth-order valence-electron chi connectivity index (χ4n) is 2.23. The summed E-state index contributed by atoms with van der Waals surface area (Å²) in [4.78, 5) is 16.5. The van der Waals surface area contributed by atoms with Crippen molar-refractivity contribution in [2.45, 2.75) is 26.0 Å². The van der Waals surface area contributed by atoms with Crippen molar-refractivity contribution < 1.29 is 14.6 Å². The number of hydrogen-bond donors (Lipinski definition) is 1. The largest absolute Gasteiger partial charge is 0.489 e. The van der Waals surface area contributed by atoms with Crippen molar-refractivity contribution in [2.24, 2.45) is 0 Å². The van der Waals surface area contributed by atoms with E-state index in [1.54, 1.807) is 12.4 Å². The van der Waals surface area contributed by atoms with E-state index in [1.807, 2.05) is 55.3 Å². The highest BCUT2D eigenvalue weighted by atomic mass is 35.5. The second-order valence-electron chi connectivity index (χ2n) is 5.65. The van der Waals surface area contributed by atoms with Crippen LogP contribution in [0.5, 0.6) is 5.75 Å². The van der Waals surface area contributed by atoms with Gasteiger partial charge >= 0.3 is 5.97 Å². The van der Waals surface area contributed by atoms with Crippen LogP contribution in [0, 0.1) is 0 Å². The number of pyridine rings is 1. The molecule has 0 spiro atoms. The molecule has 2 rings (SSSR count). The average Bonchev–Trinajstić information content (AvgIpc) is 2.54. The molecule has 130 valence electrons. The van der Waals surface area contributed by atoms with E-state index >= 15 is 0 Å². The third-order valence-electron chi connectivity index (χ3n) is 3.75. The zero-order valence-corrected chi connectivity index (χ0v) is 14.7. The lowest BCUT2D eigenvalue weighted by Gasteiger charge is -2.22. The lowest BCUT2D eigenvalue weighted by molar-refractivity contribution is -0.138. The van der Waals surface area contributed by atoms with Crippen molar-refractivity contribution in [1.29, 1.82) is 0 Å². The quantitative estimate of drug-likeness (QED) is 0.792. The third kappa shape index (κ3) is 6.56. The van der Waals surface area contributed by atoms with E-state index in [-0.39, 0.29) is 25.0 Å². The number of nitrogens with zero attached hydrogens (tertiary/aromatic N) is 2. The number of hydrogen-bond acceptors (Lipinski definition) is 4. The van der Waals surface area contributed by atoms with Crippen molar-refractivity contribution in [3.05, 3.63) is 59.9 Å². The van der Waals surface area contributed by atoms with Gasteiger partial charge in [-0.05, 0) is 55.8 Å². The molecule has 0 bridgehead atoms. The number of ether oxygens (including phenoxy) is 1. The Kier molecular flexibility index (Phi) is 8.22. The highest BCUT2D eigenvalue weighted by molar-refractivity contribution is 5.85. The van der Waals surface area contributed by atoms with Gasteiger partial charge in [-0.2, -0.15) is 0 Å². The number of carboxylic acid groups (broad SMARTS) is 1. The summed E-state index contributed by atoms with van der Waals surface area (Å²) in [5.74, 6) is 0.0105. The van der Waals surface area contributed by atoms with Crippen LogP contribution in [0.3, 0.4) is 0 Å². The molecule has 2 aromatic rings. The minimum atomic E-state index is -0.806. The zero-order valence-electron chi connectivity index (χ0n) is 13.9. The van der Waals surface area contributed by atoms with Crippen LogP contribution in [0.4, 0.5) is 0 Å². The summed E-state index contributed by atoms with van der Waals surface area (Å²) in [5, 5.41) is 8.83. The summed E-state index contributed by atoms with van der Waals surface area (Å²) < 4.78 is 5.74. The monoisotopic (exact) mass is 350 g/mol. The van der Waals surface area contributed by atoms with Gasteiger partial charge in [0.25, 0.3) is 0 Å². The molecule has 0 radical (unpaired) electrons. The molecule has 1 N–H and O–H groups in total. The maximum Gasteiger partial charge on any atom is 0.317 e. The molecule has 24 heavy (non-hydrogen) atoms. The number of carboxylic acids is 1. The summed E-state index contributed by atoms with van der Waals surface area (Å²) in [6.07, 6.45) is 4.29. The highest BCUT2D eigenvalue weighted by Gasteiger charge is 2.12. The zero-order chi connectivity index (χ0) is 16.7. The molecule has 0 fully saturated rings. The molecule has 1 aromatic carbocycles. The predicted octanol–water partition coefficient (Wildman–Crippen LogP) is 3.03. The fraction of sp³-hybridized carbons (Fsp3) is 0.333. The molecule has 0 aliphatic rings. The Hall–Kier alpha value is -2.11. The molecular formula is C18H23ClN2O3. The molecule has 0 unspecified atom stereocenters. The Bertz CT molecular complexity index is 620. The van der Waals surface area contributed by atoms with E-state index in [0.717, 1.165) is 23.3 Å². The third-order valence-corrected chi connectivity index (χ3v) is 3.75. The number of rotatable bonds is 8. The van der Waals surface area contributed by atoms with Crippen LogP contribution < -0.4 is 4.74 Å².